The van der Waals surface area contributed by atoms with E-state index in [1.807, 2.05) is 13.0 Å². The van der Waals surface area contributed by atoms with Gasteiger partial charge >= 0.3 is 0 Å². The fraction of sp³-hybridized carbons (Fsp3) is 0.692. The van der Waals surface area contributed by atoms with Crippen LogP contribution < -0.4 is 0 Å². The van der Waals surface area contributed by atoms with E-state index < -0.39 is 0 Å². The Morgan fingerprint density at radius 2 is 1.80 bits per heavy atom. The minimum Gasteiger partial charge on any atom is -0.464 e. The molecule has 0 N–H and O–H groups in total. The van der Waals surface area contributed by atoms with Gasteiger partial charge in [0, 0.05) is 0 Å². The third-order valence-electron chi connectivity index (χ3n) is 3.53. The summed E-state index contributed by atoms with van der Waals surface area (Å²) in [6, 6.07) is 0. The van der Waals surface area contributed by atoms with Crippen molar-refractivity contribution in [1.29, 1.82) is 0 Å². The molecule has 0 aromatic heterocycles. The van der Waals surface area contributed by atoms with E-state index in [1.54, 1.807) is 0 Å². The maximum Gasteiger partial charge on any atom is 0.279 e. The average molecular weight is 208 g/mol. The quantitative estimate of drug-likeness (QED) is 0.603. The van der Waals surface area contributed by atoms with Gasteiger partial charge in [0.25, 0.3) is 5.95 Å². The Labute approximate surface area is 92.0 Å². The number of ether oxygens (including phenoxy) is 2. The summed E-state index contributed by atoms with van der Waals surface area (Å²) in [6.07, 6.45) is 10.4. The van der Waals surface area contributed by atoms with Crippen LogP contribution in [0.1, 0.15) is 46.0 Å². The van der Waals surface area contributed by atoms with Crippen molar-refractivity contribution in [2.45, 2.75) is 46.0 Å². The molecule has 2 aliphatic rings. The van der Waals surface area contributed by atoms with Crippen LogP contribution in [-0.4, -0.2) is 6.61 Å². The lowest BCUT2D eigenvalue weighted by Gasteiger charge is -2.41. The highest BCUT2D eigenvalue weighted by Crippen LogP contribution is 2.46. The molecular formula is C13H20O2. The molecule has 1 spiro atoms. The first-order chi connectivity index (χ1) is 7.30. The summed E-state index contributed by atoms with van der Waals surface area (Å²) in [5, 5.41) is 0. The summed E-state index contributed by atoms with van der Waals surface area (Å²) in [6.45, 7) is 4.80. The van der Waals surface area contributed by atoms with Crippen molar-refractivity contribution in [3.8, 4) is 0 Å². The number of hydrogen-bond donors (Lipinski definition) is 0. The summed E-state index contributed by atoms with van der Waals surface area (Å²) in [5.41, 5.74) is 0.180. The standard InChI is InChI=1S/C13H20O2/c1-3-11-13(8-6-5-7-9-13)10-14-12(4-2)15-11/h3-4H,5-10H2,1-2H3. The second-order valence-electron chi connectivity index (χ2n) is 4.49. The van der Waals surface area contributed by atoms with Crippen LogP contribution in [0.15, 0.2) is 23.9 Å². The summed E-state index contributed by atoms with van der Waals surface area (Å²) < 4.78 is 11.4. The fourth-order valence-electron chi connectivity index (χ4n) is 2.65. The topological polar surface area (TPSA) is 18.5 Å². The Balaban J connectivity index is 2.18. The van der Waals surface area contributed by atoms with Gasteiger partial charge in [0.15, 0.2) is 0 Å². The van der Waals surface area contributed by atoms with Crippen LogP contribution in [0.25, 0.3) is 0 Å². The summed E-state index contributed by atoms with van der Waals surface area (Å²) in [7, 11) is 0. The summed E-state index contributed by atoms with van der Waals surface area (Å²) >= 11 is 0. The van der Waals surface area contributed by atoms with Gasteiger partial charge in [-0.25, -0.2) is 0 Å². The van der Waals surface area contributed by atoms with E-state index in [2.05, 4.69) is 13.0 Å². The highest BCUT2D eigenvalue weighted by molar-refractivity contribution is 5.13. The minimum atomic E-state index is 0.180. The van der Waals surface area contributed by atoms with Gasteiger partial charge in [-0.2, -0.15) is 0 Å². The molecule has 1 heterocycles. The zero-order chi connectivity index (χ0) is 10.7. The van der Waals surface area contributed by atoms with Crippen molar-refractivity contribution in [1.82, 2.24) is 0 Å². The van der Waals surface area contributed by atoms with E-state index in [-0.39, 0.29) is 5.41 Å². The lowest BCUT2D eigenvalue weighted by molar-refractivity contribution is -0.0671. The van der Waals surface area contributed by atoms with E-state index in [0.29, 0.717) is 5.95 Å². The fourth-order valence-corrected chi connectivity index (χ4v) is 2.65. The maximum absolute atomic E-state index is 5.78. The largest absolute Gasteiger partial charge is 0.464 e. The first-order valence-corrected chi connectivity index (χ1v) is 5.94. The second kappa shape index (κ2) is 4.30. The van der Waals surface area contributed by atoms with E-state index in [1.165, 1.54) is 32.1 Å². The monoisotopic (exact) mass is 208 g/mol. The Hall–Kier alpha value is -0.920. The van der Waals surface area contributed by atoms with Gasteiger partial charge in [0.05, 0.1) is 5.41 Å². The molecule has 0 unspecified atom stereocenters. The predicted molar refractivity (Wildman–Crippen MR) is 60.1 cm³/mol. The lowest BCUT2D eigenvalue weighted by Crippen LogP contribution is -2.36. The van der Waals surface area contributed by atoms with Gasteiger partial charge in [-0.15, -0.1) is 0 Å². The SMILES string of the molecule is CC=C1OCC2(CCCCC2)C(=CC)O1. The van der Waals surface area contributed by atoms with Crippen molar-refractivity contribution in [2.75, 3.05) is 6.61 Å². The molecule has 0 aromatic rings. The smallest absolute Gasteiger partial charge is 0.279 e. The Morgan fingerprint density at radius 3 is 2.40 bits per heavy atom. The number of allylic oxidation sites excluding steroid dienone is 2. The molecule has 1 aliphatic heterocycles. The molecule has 2 rings (SSSR count). The molecule has 0 atom stereocenters. The molecule has 1 saturated carbocycles. The maximum atomic E-state index is 5.78. The van der Waals surface area contributed by atoms with E-state index in [4.69, 9.17) is 9.47 Å². The van der Waals surface area contributed by atoms with Crippen LogP contribution >= 0.6 is 0 Å². The Bertz CT molecular complexity index is 283. The molecule has 0 radical (unpaired) electrons. The van der Waals surface area contributed by atoms with Crippen molar-refractivity contribution < 1.29 is 9.47 Å². The molecule has 2 fully saturated rings. The van der Waals surface area contributed by atoms with E-state index in [0.717, 1.165) is 12.4 Å². The van der Waals surface area contributed by atoms with Crippen molar-refractivity contribution >= 4 is 0 Å². The van der Waals surface area contributed by atoms with Crippen molar-refractivity contribution in [3.05, 3.63) is 23.9 Å². The van der Waals surface area contributed by atoms with E-state index in [9.17, 15) is 0 Å². The first kappa shape index (κ1) is 10.6. The molecule has 0 amide bonds. The molecule has 0 bridgehead atoms. The predicted octanol–water partition coefficient (Wildman–Crippen LogP) is 3.75. The summed E-state index contributed by atoms with van der Waals surface area (Å²) in [5.74, 6) is 1.79. The molecular weight excluding hydrogens is 188 g/mol. The molecule has 2 heteroatoms. The van der Waals surface area contributed by atoms with Gasteiger partial charge < -0.3 is 9.47 Å². The molecule has 1 aliphatic carbocycles. The third kappa shape index (κ3) is 1.90. The Morgan fingerprint density at radius 1 is 1.07 bits per heavy atom. The van der Waals surface area contributed by atoms with Gasteiger partial charge in [-0.05, 0) is 38.8 Å². The zero-order valence-electron chi connectivity index (χ0n) is 9.71. The highest BCUT2D eigenvalue weighted by Gasteiger charge is 2.41. The van der Waals surface area contributed by atoms with Gasteiger partial charge in [-0.1, -0.05) is 19.3 Å². The Kier molecular flexibility index (Phi) is 3.03. The van der Waals surface area contributed by atoms with Gasteiger partial charge in [0.2, 0.25) is 0 Å². The van der Waals surface area contributed by atoms with Crippen LogP contribution in [0.3, 0.4) is 0 Å². The molecule has 84 valence electrons. The van der Waals surface area contributed by atoms with Crippen LogP contribution in [0.2, 0.25) is 0 Å². The lowest BCUT2D eigenvalue weighted by atomic mass is 9.72. The van der Waals surface area contributed by atoms with Crippen LogP contribution in [-0.2, 0) is 9.47 Å². The summed E-state index contributed by atoms with van der Waals surface area (Å²) in [4.78, 5) is 0. The van der Waals surface area contributed by atoms with Gasteiger partial charge in [-0.3, -0.25) is 0 Å². The first-order valence-electron chi connectivity index (χ1n) is 5.94. The average Bonchev–Trinajstić information content (AvgIpc) is 2.31. The number of rotatable bonds is 0. The normalized spacial score (nSPS) is 30.3. The van der Waals surface area contributed by atoms with Gasteiger partial charge in [0.1, 0.15) is 12.4 Å². The molecule has 15 heavy (non-hydrogen) atoms. The van der Waals surface area contributed by atoms with Crippen LogP contribution in [0.5, 0.6) is 0 Å². The molecule has 2 nitrogen and oxygen atoms in total. The second-order valence-corrected chi connectivity index (χ2v) is 4.49. The van der Waals surface area contributed by atoms with Crippen LogP contribution in [0.4, 0.5) is 0 Å². The van der Waals surface area contributed by atoms with Crippen LogP contribution in [0, 0.1) is 5.41 Å². The van der Waals surface area contributed by atoms with E-state index >= 15 is 0 Å². The van der Waals surface area contributed by atoms with Crippen molar-refractivity contribution in [3.63, 3.8) is 0 Å². The highest BCUT2D eigenvalue weighted by atomic mass is 16.7. The van der Waals surface area contributed by atoms with Crippen molar-refractivity contribution in [2.24, 2.45) is 5.41 Å². The molecule has 1 saturated heterocycles. The third-order valence-corrected chi connectivity index (χ3v) is 3.53. The zero-order valence-corrected chi connectivity index (χ0v) is 9.71. The molecule has 0 aromatic carbocycles. The minimum absolute atomic E-state index is 0.180. The number of hydrogen-bond acceptors (Lipinski definition) is 2.